The van der Waals surface area contributed by atoms with Gasteiger partial charge in [0.25, 0.3) is 5.95 Å². The maximum Gasteiger partial charge on any atom is 0.573 e. The fraction of sp³-hybridized carbons (Fsp3) is 0.500. The van der Waals surface area contributed by atoms with Gasteiger partial charge in [0.05, 0.1) is 5.41 Å². The molecule has 138 valence electrons. The van der Waals surface area contributed by atoms with Gasteiger partial charge in [-0.2, -0.15) is 0 Å². The zero-order valence-electron chi connectivity index (χ0n) is 13.7. The molecule has 1 aliphatic carbocycles. The Morgan fingerprint density at radius 2 is 2.00 bits per heavy atom. The van der Waals surface area contributed by atoms with Crippen LogP contribution in [0, 0.1) is 0 Å². The van der Waals surface area contributed by atoms with Gasteiger partial charge in [-0.25, -0.2) is 4.68 Å². The molecule has 1 saturated carbocycles. The number of carbonyl (C=O) groups is 1. The molecule has 2 aliphatic rings. The van der Waals surface area contributed by atoms with E-state index < -0.39 is 11.8 Å². The van der Waals surface area contributed by atoms with Crippen LogP contribution in [0.1, 0.15) is 31.2 Å². The van der Waals surface area contributed by atoms with Crippen LogP contribution >= 0.6 is 0 Å². The topological polar surface area (TPSA) is 73.1 Å². The number of hydrogen-bond donors (Lipinski definition) is 0. The van der Waals surface area contributed by atoms with Crippen molar-refractivity contribution in [1.29, 1.82) is 0 Å². The number of fused-ring (bicyclic) bond motifs is 1. The van der Waals surface area contributed by atoms with Crippen molar-refractivity contribution < 1.29 is 22.7 Å². The first-order chi connectivity index (χ1) is 12.4. The number of hydrogen-bond acceptors (Lipinski definition) is 5. The number of aryl methyl sites for hydroxylation is 1. The van der Waals surface area contributed by atoms with Crippen molar-refractivity contribution in [3.63, 3.8) is 0 Å². The Morgan fingerprint density at radius 1 is 1.19 bits per heavy atom. The van der Waals surface area contributed by atoms with E-state index in [4.69, 9.17) is 0 Å². The zero-order chi connectivity index (χ0) is 18.4. The third kappa shape index (κ3) is 2.78. The zero-order valence-corrected chi connectivity index (χ0v) is 13.7. The number of halogens is 3. The van der Waals surface area contributed by atoms with Gasteiger partial charge in [0.15, 0.2) is 0 Å². The van der Waals surface area contributed by atoms with Crippen LogP contribution in [-0.4, -0.2) is 39.0 Å². The summed E-state index contributed by atoms with van der Waals surface area (Å²) < 4.78 is 43.1. The van der Waals surface area contributed by atoms with E-state index in [1.807, 2.05) is 0 Å². The van der Waals surface area contributed by atoms with Crippen LogP contribution in [-0.2, 0) is 16.8 Å². The SMILES string of the molecule is O=C(N1CCCn2nnnc21)C1(c2cccc(OC(F)(F)F)c2)CCC1. The molecule has 2 aromatic rings. The second-order valence-corrected chi connectivity index (χ2v) is 6.52. The molecule has 0 unspecified atom stereocenters. The minimum Gasteiger partial charge on any atom is -0.406 e. The van der Waals surface area contributed by atoms with Crippen LogP contribution in [0.4, 0.5) is 19.1 Å². The minimum atomic E-state index is -4.77. The molecule has 0 saturated heterocycles. The monoisotopic (exact) mass is 367 g/mol. The number of ether oxygens (including phenoxy) is 1. The quantitative estimate of drug-likeness (QED) is 0.833. The first kappa shape index (κ1) is 16.8. The third-order valence-electron chi connectivity index (χ3n) is 4.99. The molecule has 2 heterocycles. The van der Waals surface area contributed by atoms with Crippen molar-refractivity contribution in [2.45, 2.75) is 44.0 Å². The molecule has 26 heavy (non-hydrogen) atoms. The smallest absolute Gasteiger partial charge is 0.406 e. The fourth-order valence-corrected chi connectivity index (χ4v) is 3.61. The number of nitrogens with zero attached hydrogens (tertiary/aromatic N) is 5. The number of tetrazole rings is 1. The Hall–Kier alpha value is -2.65. The summed E-state index contributed by atoms with van der Waals surface area (Å²) in [6.45, 7) is 1.12. The molecule has 0 spiro atoms. The average molecular weight is 367 g/mol. The normalized spacial score (nSPS) is 18.8. The lowest BCUT2D eigenvalue weighted by molar-refractivity contribution is -0.274. The Kier molecular flexibility index (Phi) is 3.85. The van der Waals surface area contributed by atoms with E-state index in [2.05, 4.69) is 20.3 Å². The van der Waals surface area contributed by atoms with Crippen molar-refractivity contribution in [2.24, 2.45) is 0 Å². The van der Waals surface area contributed by atoms with Gasteiger partial charge >= 0.3 is 6.36 Å². The lowest BCUT2D eigenvalue weighted by Gasteiger charge is -2.44. The number of alkyl halides is 3. The van der Waals surface area contributed by atoms with Crippen LogP contribution in [0.3, 0.4) is 0 Å². The van der Waals surface area contributed by atoms with E-state index in [1.54, 1.807) is 15.6 Å². The molecule has 1 aromatic carbocycles. The standard InChI is InChI=1S/C16H16F3N5O2/c17-16(18,19)26-12-5-1-4-11(10-12)15(6-2-7-15)13(25)23-8-3-9-24-14(23)20-21-22-24/h1,4-5,10H,2-3,6-9H2. The van der Waals surface area contributed by atoms with Gasteiger partial charge in [-0.1, -0.05) is 23.7 Å². The summed E-state index contributed by atoms with van der Waals surface area (Å²) >= 11 is 0. The first-order valence-electron chi connectivity index (χ1n) is 8.33. The Labute approximate surface area is 146 Å². The molecule has 1 fully saturated rings. The number of amides is 1. The number of benzene rings is 1. The van der Waals surface area contributed by atoms with Crippen LogP contribution in [0.25, 0.3) is 0 Å². The maximum absolute atomic E-state index is 13.3. The van der Waals surface area contributed by atoms with Gasteiger partial charge in [-0.05, 0) is 47.4 Å². The summed E-state index contributed by atoms with van der Waals surface area (Å²) in [6.07, 6.45) is -2.09. The predicted molar refractivity (Wildman–Crippen MR) is 83.4 cm³/mol. The van der Waals surface area contributed by atoms with Crippen LogP contribution in [0.5, 0.6) is 5.75 Å². The number of anilines is 1. The highest BCUT2D eigenvalue weighted by atomic mass is 19.4. The fourth-order valence-electron chi connectivity index (χ4n) is 3.61. The molecule has 1 aromatic heterocycles. The van der Waals surface area contributed by atoms with Crippen LogP contribution < -0.4 is 9.64 Å². The molecular formula is C16H16F3N5O2. The molecule has 1 aliphatic heterocycles. The first-order valence-corrected chi connectivity index (χ1v) is 8.33. The predicted octanol–water partition coefficient (Wildman–Crippen LogP) is 2.43. The van der Waals surface area contributed by atoms with Crippen molar-refractivity contribution >= 4 is 11.9 Å². The number of rotatable bonds is 3. The summed E-state index contributed by atoms with van der Waals surface area (Å²) in [7, 11) is 0. The highest BCUT2D eigenvalue weighted by Crippen LogP contribution is 2.47. The van der Waals surface area contributed by atoms with Crippen molar-refractivity contribution in [3.05, 3.63) is 29.8 Å². The van der Waals surface area contributed by atoms with E-state index in [-0.39, 0.29) is 11.7 Å². The van der Waals surface area contributed by atoms with Gasteiger partial charge in [0.1, 0.15) is 5.75 Å². The molecule has 0 N–H and O–H groups in total. The van der Waals surface area contributed by atoms with E-state index in [9.17, 15) is 18.0 Å². The summed E-state index contributed by atoms with van der Waals surface area (Å²) in [6, 6.07) is 5.68. The van der Waals surface area contributed by atoms with Crippen molar-refractivity contribution in [3.8, 4) is 5.75 Å². The molecule has 1 amide bonds. The van der Waals surface area contributed by atoms with E-state index in [0.29, 0.717) is 37.4 Å². The van der Waals surface area contributed by atoms with Crippen molar-refractivity contribution in [2.75, 3.05) is 11.4 Å². The number of aromatic nitrogens is 4. The van der Waals surface area contributed by atoms with Crippen molar-refractivity contribution in [1.82, 2.24) is 20.2 Å². The lowest BCUT2D eigenvalue weighted by atomic mass is 9.63. The maximum atomic E-state index is 13.3. The molecule has 0 radical (unpaired) electrons. The van der Waals surface area contributed by atoms with E-state index in [0.717, 1.165) is 12.8 Å². The Bertz CT molecular complexity index is 831. The molecule has 10 heteroatoms. The summed E-state index contributed by atoms with van der Waals surface area (Å²) in [5.41, 5.74) is -0.334. The van der Waals surface area contributed by atoms with Crippen LogP contribution in [0.15, 0.2) is 24.3 Å². The molecule has 4 rings (SSSR count). The van der Waals surface area contributed by atoms with Gasteiger partial charge in [-0.15, -0.1) is 13.2 Å². The van der Waals surface area contributed by atoms with Crippen LogP contribution in [0.2, 0.25) is 0 Å². The molecule has 0 bridgehead atoms. The number of carbonyl (C=O) groups excluding carboxylic acids is 1. The highest BCUT2D eigenvalue weighted by molar-refractivity contribution is 6.01. The molecular weight excluding hydrogens is 351 g/mol. The minimum absolute atomic E-state index is 0.177. The highest BCUT2D eigenvalue weighted by Gasteiger charge is 2.49. The van der Waals surface area contributed by atoms with E-state index in [1.165, 1.54) is 18.2 Å². The van der Waals surface area contributed by atoms with Gasteiger partial charge in [-0.3, -0.25) is 9.69 Å². The Balaban J connectivity index is 1.67. The summed E-state index contributed by atoms with van der Waals surface area (Å²) in [5, 5.41) is 11.4. The summed E-state index contributed by atoms with van der Waals surface area (Å²) in [4.78, 5) is 14.9. The van der Waals surface area contributed by atoms with Gasteiger partial charge in [0.2, 0.25) is 5.91 Å². The molecule has 7 nitrogen and oxygen atoms in total. The Morgan fingerprint density at radius 3 is 2.69 bits per heavy atom. The summed E-state index contributed by atoms with van der Waals surface area (Å²) in [5.74, 6) is -0.114. The molecule has 0 atom stereocenters. The van der Waals surface area contributed by atoms with E-state index >= 15 is 0 Å². The second-order valence-electron chi connectivity index (χ2n) is 6.52. The third-order valence-corrected chi connectivity index (χ3v) is 4.99. The largest absolute Gasteiger partial charge is 0.573 e. The van der Waals surface area contributed by atoms with Gasteiger partial charge < -0.3 is 4.74 Å². The lowest BCUT2D eigenvalue weighted by Crippen LogP contribution is -2.53. The average Bonchev–Trinajstić information content (AvgIpc) is 3.01. The van der Waals surface area contributed by atoms with Gasteiger partial charge in [0, 0.05) is 13.1 Å². The second kappa shape index (κ2) is 5.96.